The minimum Gasteiger partial charge on any atom is -0.491 e. The molecule has 0 aliphatic heterocycles. The van der Waals surface area contributed by atoms with Crippen molar-refractivity contribution < 1.29 is 43.0 Å². The summed E-state index contributed by atoms with van der Waals surface area (Å²) in [6.07, 6.45) is 0. The van der Waals surface area contributed by atoms with Crippen molar-refractivity contribution in [2.75, 3.05) is 106 Å². The molecule has 31 heavy (non-hydrogen) atoms. The standard InChI is InChI=1S/C22H38O9/c23-6-7-24-8-9-25-10-11-26-12-13-27-14-15-28-16-17-29-18-19-30-20-21-31-22-4-2-1-3-5-22/h1-5,23H,6-21H2. The summed E-state index contributed by atoms with van der Waals surface area (Å²) in [4.78, 5) is 0. The lowest BCUT2D eigenvalue weighted by Crippen LogP contribution is -2.15. The lowest BCUT2D eigenvalue weighted by Gasteiger charge is -2.09. The first kappa shape index (κ1) is 27.7. The maximum atomic E-state index is 8.54. The number of aliphatic hydroxyl groups is 1. The zero-order chi connectivity index (χ0) is 22.1. The molecular formula is C22H38O9. The highest BCUT2D eigenvalue weighted by molar-refractivity contribution is 5.20. The van der Waals surface area contributed by atoms with Gasteiger partial charge in [0.05, 0.1) is 99.1 Å². The van der Waals surface area contributed by atoms with Gasteiger partial charge in [-0.15, -0.1) is 0 Å². The first-order valence-corrected chi connectivity index (χ1v) is 10.8. The average Bonchev–Trinajstić information content (AvgIpc) is 2.80. The molecule has 180 valence electrons. The minimum atomic E-state index is 0.0318. The minimum absolute atomic E-state index is 0.0318. The fraction of sp³-hybridized carbons (Fsp3) is 0.727. The third kappa shape index (κ3) is 20.4. The molecule has 1 aromatic rings. The number of hydrogen-bond acceptors (Lipinski definition) is 9. The van der Waals surface area contributed by atoms with E-state index in [0.717, 1.165) is 5.75 Å². The van der Waals surface area contributed by atoms with Crippen LogP contribution in [0.5, 0.6) is 5.75 Å². The van der Waals surface area contributed by atoms with Crippen LogP contribution in [0.1, 0.15) is 0 Å². The highest BCUT2D eigenvalue weighted by atomic mass is 16.6. The van der Waals surface area contributed by atoms with Gasteiger partial charge in [0.25, 0.3) is 0 Å². The molecule has 0 bridgehead atoms. The van der Waals surface area contributed by atoms with Gasteiger partial charge in [-0.1, -0.05) is 18.2 Å². The van der Waals surface area contributed by atoms with Gasteiger partial charge in [0.1, 0.15) is 12.4 Å². The Morgan fingerprint density at radius 3 is 1.10 bits per heavy atom. The summed E-state index contributed by atoms with van der Waals surface area (Å²) in [6.45, 7) is 7.62. The number of para-hydroxylation sites is 1. The van der Waals surface area contributed by atoms with E-state index in [9.17, 15) is 0 Å². The van der Waals surface area contributed by atoms with E-state index in [-0.39, 0.29) is 6.61 Å². The van der Waals surface area contributed by atoms with Crippen LogP contribution in [0.15, 0.2) is 30.3 Å². The van der Waals surface area contributed by atoms with E-state index in [0.29, 0.717) is 99.1 Å². The van der Waals surface area contributed by atoms with Crippen LogP contribution in [0.3, 0.4) is 0 Å². The van der Waals surface area contributed by atoms with Gasteiger partial charge in [-0.3, -0.25) is 0 Å². The van der Waals surface area contributed by atoms with Crippen molar-refractivity contribution in [2.24, 2.45) is 0 Å². The number of hydrogen-bond donors (Lipinski definition) is 1. The van der Waals surface area contributed by atoms with Crippen LogP contribution in [0.2, 0.25) is 0 Å². The zero-order valence-corrected chi connectivity index (χ0v) is 18.4. The Morgan fingerprint density at radius 2 is 0.742 bits per heavy atom. The Morgan fingerprint density at radius 1 is 0.419 bits per heavy atom. The molecule has 0 aliphatic rings. The highest BCUT2D eigenvalue weighted by Gasteiger charge is 1.95. The quantitative estimate of drug-likeness (QED) is 0.235. The van der Waals surface area contributed by atoms with Crippen molar-refractivity contribution in [3.05, 3.63) is 30.3 Å². The van der Waals surface area contributed by atoms with Crippen molar-refractivity contribution in [1.82, 2.24) is 0 Å². The van der Waals surface area contributed by atoms with Gasteiger partial charge in [0.15, 0.2) is 0 Å². The molecule has 0 saturated carbocycles. The molecule has 0 radical (unpaired) electrons. The molecule has 0 saturated heterocycles. The number of ether oxygens (including phenoxy) is 8. The largest absolute Gasteiger partial charge is 0.491 e. The van der Waals surface area contributed by atoms with Crippen LogP contribution in [0, 0.1) is 0 Å². The summed E-state index contributed by atoms with van der Waals surface area (Å²) in [6, 6.07) is 9.66. The van der Waals surface area contributed by atoms with E-state index in [2.05, 4.69) is 0 Å². The Labute approximate surface area is 185 Å². The zero-order valence-electron chi connectivity index (χ0n) is 18.4. The van der Waals surface area contributed by atoms with Crippen LogP contribution in [-0.2, 0) is 33.2 Å². The van der Waals surface area contributed by atoms with Crippen molar-refractivity contribution >= 4 is 0 Å². The lowest BCUT2D eigenvalue weighted by molar-refractivity contribution is -0.0221. The lowest BCUT2D eigenvalue weighted by atomic mass is 10.3. The van der Waals surface area contributed by atoms with Gasteiger partial charge >= 0.3 is 0 Å². The molecule has 0 aliphatic carbocycles. The van der Waals surface area contributed by atoms with Gasteiger partial charge in [-0.05, 0) is 12.1 Å². The van der Waals surface area contributed by atoms with Crippen molar-refractivity contribution in [2.45, 2.75) is 0 Å². The Hall–Kier alpha value is -1.30. The topological polar surface area (TPSA) is 94.1 Å². The fourth-order valence-corrected chi connectivity index (χ4v) is 2.22. The maximum absolute atomic E-state index is 8.54. The Balaban J connectivity index is 1.65. The molecule has 9 heteroatoms. The Bertz CT molecular complexity index is 462. The predicted molar refractivity (Wildman–Crippen MR) is 115 cm³/mol. The molecule has 0 aromatic heterocycles. The van der Waals surface area contributed by atoms with E-state index < -0.39 is 0 Å². The summed E-state index contributed by atoms with van der Waals surface area (Å²) in [7, 11) is 0. The van der Waals surface area contributed by atoms with Gasteiger partial charge in [-0.2, -0.15) is 0 Å². The van der Waals surface area contributed by atoms with Gasteiger partial charge < -0.3 is 43.0 Å². The van der Waals surface area contributed by atoms with Gasteiger partial charge in [-0.25, -0.2) is 0 Å². The second kappa shape index (κ2) is 23.4. The summed E-state index contributed by atoms with van der Waals surface area (Å²) in [5.41, 5.74) is 0. The summed E-state index contributed by atoms with van der Waals surface area (Å²) < 4.78 is 43.0. The molecular weight excluding hydrogens is 408 g/mol. The van der Waals surface area contributed by atoms with Crippen molar-refractivity contribution in [3.63, 3.8) is 0 Å². The second-order valence-corrected chi connectivity index (χ2v) is 6.17. The average molecular weight is 447 g/mol. The van der Waals surface area contributed by atoms with Crippen LogP contribution in [0.4, 0.5) is 0 Å². The normalized spacial score (nSPS) is 11.1. The second-order valence-electron chi connectivity index (χ2n) is 6.17. The first-order valence-electron chi connectivity index (χ1n) is 10.8. The molecule has 0 fully saturated rings. The smallest absolute Gasteiger partial charge is 0.119 e. The molecule has 1 rings (SSSR count). The Kier molecular flexibility index (Phi) is 20.9. The third-order valence-electron chi connectivity index (χ3n) is 3.71. The molecule has 9 nitrogen and oxygen atoms in total. The summed E-state index contributed by atoms with van der Waals surface area (Å²) >= 11 is 0. The number of benzene rings is 1. The van der Waals surface area contributed by atoms with Crippen LogP contribution < -0.4 is 4.74 Å². The van der Waals surface area contributed by atoms with Crippen molar-refractivity contribution in [1.29, 1.82) is 0 Å². The van der Waals surface area contributed by atoms with E-state index in [4.69, 9.17) is 43.0 Å². The molecule has 0 spiro atoms. The molecule has 1 aromatic carbocycles. The van der Waals surface area contributed by atoms with Crippen molar-refractivity contribution in [3.8, 4) is 5.75 Å². The van der Waals surface area contributed by atoms with Crippen LogP contribution >= 0.6 is 0 Å². The SMILES string of the molecule is OCCOCCOCCOCCOCCOCCOCCOCCOc1ccccc1. The fourth-order valence-electron chi connectivity index (χ4n) is 2.22. The molecule has 1 N–H and O–H groups in total. The highest BCUT2D eigenvalue weighted by Crippen LogP contribution is 2.07. The third-order valence-corrected chi connectivity index (χ3v) is 3.71. The van der Waals surface area contributed by atoms with Gasteiger partial charge in [0, 0.05) is 0 Å². The maximum Gasteiger partial charge on any atom is 0.119 e. The number of aliphatic hydroxyl groups excluding tert-OH is 1. The molecule has 0 unspecified atom stereocenters. The first-order chi connectivity index (χ1) is 15.4. The van der Waals surface area contributed by atoms with E-state index >= 15 is 0 Å². The monoisotopic (exact) mass is 446 g/mol. The van der Waals surface area contributed by atoms with Crippen LogP contribution in [-0.4, -0.2) is 111 Å². The van der Waals surface area contributed by atoms with E-state index in [1.165, 1.54) is 0 Å². The molecule has 0 heterocycles. The predicted octanol–water partition coefficient (Wildman–Crippen LogP) is 1.17. The van der Waals surface area contributed by atoms with Crippen LogP contribution in [0.25, 0.3) is 0 Å². The van der Waals surface area contributed by atoms with E-state index in [1.54, 1.807) is 0 Å². The molecule has 0 amide bonds. The van der Waals surface area contributed by atoms with Gasteiger partial charge in [0.2, 0.25) is 0 Å². The summed E-state index contributed by atoms with van der Waals surface area (Å²) in [5, 5.41) is 8.54. The molecule has 0 atom stereocenters. The van der Waals surface area contributed by atoms with E-state index in [1.807, 2.05) is 30.3 Å². The number of rotatable bonds is 24. The summed E-state index contributed by atoms with van der Waals surface area (Å²) in [5.74, 6) is 0.846.